The normalized spacial score (nSPS) is 16.6. The van der Waals surface area contributed by atoms with E-state index in [1.165, 1.54) is 12.1 Å². The van der Waals surface area contributed by atoms with Crippen LogP contribution >= 0.6 is 23.2 Å². The van der Waals surface area contributed by atoms with Gasteiger partial charge in [-0.15, -0.1) is 0 Å². The lowest BCUT2D eigenvalue weighted by Gasteiger charge is -2.30. The fraction of sp³-hybridized carbons (Fsp3) is 0.150. The van der Waals surface area contributed by atoms with Gasteiger partial charge in [0.1, 0.15) is 11.9 Å². The highest BCUT2D eigenvalue weighted by Gasteiger charge is 2.37. The maximum atomic E-state index is 13.6. The molecule has 3 aromatic rings. The average molecular weight is 434 g/mol. The van der Waals surface area contributed by atoms with Gasteiger partial charge in [-0.2, -0.15) is 5.10 Å². The molecule has 144 valence electrons. The maximum Gasteiger partial charge on any atom is 0.206 e. The van der Waals surface area contributed by atoms with Crippen LogP contribution in [0.4, 0.5) is 5.82 Å². The summed E-state index contributed by atoms with van der Waals surface area (Å²) in [6.07, 6.45) is 0. The number of allylic oxidation sites excluding steroid dienone is 2. The first-order chi connectivity index (χ1) is 13.3. The zero-order chi connectivity index (χ0) is 20.1. The Balaban J connectivity index is 1.95. The summed E-state index contributed by atoms with van der Waals surface area (Å²) in [6.45, 7) is 3.63. The number of rotatable bonds is 3. The number of nitrogens with zero attached hydrogens (tertiary/aromatic N) is 2. The number of hydrogen-bond donors (Lipinski definition) is 1. The molecule has 0 aliphatic carbocycles. The largest absolute Gasteiger partial charge is 0.343 e. The van der Waals surface area contributed by atoms with E-state index < -0.39 is 15.9 Å². The van der Waals surface area contributed by atoms with Crippen LogP contribution in [0.5, 0.6) is 0 Å². The van der Waals surface area contributed by atoms with Crippen molar-refractivity contribution in [1.29, 1.82) is 0 Å². The first kappa shape index (κ1) is 19.1. The molecule has 1 atom stereocenters. The lowest BCUT2D eigenvalue weighted by atomic mass is 10.0. The number of hydrogen-bond acceptors (Lipinski definition) is 4. The Morgan fingerprint density at radius 1 is 0.964 bits per heavy atom. The number of aromatic nitrogens is 2. The molecule has 4 rings (SSSR count). The lowest BCUT2D eigenvalue weighted by Crippen LogP contribution is -2.28. The summed E-state index contributed by atoms with van der Waals surface area (Å²) < 4.78 is 28.8. The second-order valence-corrected chi connectivity index (χ2v) is 9.43. The number of aryl methyl sites for hydroxylation is 1. The summed E-state index contributed by atoms with van der Waals surface area (Å²) in [5, 5.41) is 8.78. The van der Waals surface area contributed by atoms with Crippen LogP contribution in [0.25, 0.3) is 0 Å². The molecule has 2 heterocycles. The van der Waals surface area contributed by atoms with Crippen LogP contribution in [-0.4, -0.2) is 18.2 Å². The van der Waals surface area contributed by atoms with Crippen molar-refractivity contribution in [2.75, 3.05) is 5.32 Å². The third-order valence-electron chi connectivity index (χ3n) is 4.64. The number of nitrogens with one attached hydrogen (secondary N) is 1. The highest BCUT2D eigenvalue weighted by atomic mass is 35.5. The predicted octanol–water partition coefficient (Wildman–Crippen LogP) is 5.22. The average Bonchev–Trinajstić information content (AvgIpc) is 3.01. The molecule has 0 saturated carbocycles. The van der Waals surface area contributed by atoms with Crippen LogP contribution in [0.15, 0.2) is 70.1 Å². The van der Waals surface area contributed by atoms with Gasteiger partial charge in [0.15, 0.2) is 0 Å². The minimum Gasteiger partial charge on any atom is -0.343 e. The van der Waals surface area contributed by atoms with E-state index in [0.29, 0.717) is 15.7 Å². The summed E-state index contributed by atoms with van der Waals surface area (Å²) in [5.74, 6) is 0.741. The van der Waals surface area contributed by atoms with E-state index in [2.05, 4.69) is 10.4 Å². The summed E-state index contributed by atoms with van der Waals surface area (Å²) in [6, 6.07) is 14.6. The van der Waals surface area contributed by atoms with E-state index in [9.17, 15) is 8.42 Å². The van der Waals surface area contributed by atoms with Gasteiger partial charge in [0.05, 0.1) is 15.5 Å². The first-order valence-electron chi connectivity index (χ1n) is 8.57. The fourth-order valence-electron chi connectivity index (χ4n) is 3.40. The van der Waals surface area contributed by atoms with Gasteiger partial charge in [0, 0.05) is 21.8 Å². The van der Waals surface area contributed by atoms with Crippen molar-refractivity contribution in [2.24, 2.45) is 0 Å². The lowest BCUT2D eigenvalue weighted by molar-refractivity contribution is 0.563. The third-order valence-corrected chi connectivity index (χ3v) is 7.14. The van der Waals surface area contributed by atoms with Crippen LogP contribution in [0, 0.1) is 6.92 Å². The fourth-order valence-corrected chi connectivity index (χ4v) is 5.39. The molecule has 1 aliphatic heterocycles. The van der Waals surface area contributed by atoms with Crippen molar-refractivity contribution in [1.82, 2.24) is 9.78 Å². The third kappa shape index (κ3) is 3.21. The van der Waals surface area contributed by atoms with Crippen molar-refractivity contribution in [3.63, 3.8) is 0 Å². The summed E-state index contributed by atoms with van der Waals surface area (Å²) in [7, 11) is -3.80. The molecule has 2 aromatic carbocycles. The first-order valence-corrected chi connectivity index (χ1v) is 10.8. The molecule has 8 heteroatoms. The van der Waals surface area contributed by atoms with Crippen molar-refractivity contribution < 1.29 is 8.42 Å². The number of halogens is 2. The molecule has 0 fully saturated rings. The molecule has 1 aliphatic rings. The van der Waals surface area contributed by atoms with Crippen molar-refractivity contribution in [3.05, 3.63) is 86.5 Å². The van der Waals surface area contributed by atoms with E-state index in [4.69, 9.17) is 23.2 Å². The zero-order valence-electron chi connectivity index (χ0n) is 15.1. The monoisotopic (exact) mass is 433 g/mol. The Morgan fingerprint density at radius 2 is 1.54 bits per heavy atom. The molecule has 0 spiro atoms. The summed E-state index contributed by atoms with van der Waals surface area (Å²) in [5.41, 5.74) is 2.13. The van der Waals surface area contributed by atoms with Gasteiger partial charge in [0.2, 0.25) is 9.84 Å². The van der Waals surface area contributed by atoms with Gasteiger partial charge in [0.25, 0.3) is 0 Å². The van der Waals surface area contributed by atoms with Gasteiger partial charge in [-0.3, -0.25) is 0 Å². The number of sulfone groups is 1. The van der Waals surface area contributed by atoms with Gasteiger partial charge in [-0.05, 0) is 55.8 Å². The minimum atomic E-state index is -3.80. The van der Waals surface area contributed by atoms with E-state index in [1.54, 1.807) is 35.9 Å². The Kier molecular flexibility index (Phi) is 4.73. The van der Waals surface area contributed by atoms with Crippen LogP contribution in [0.1, 0.15) is 24.2 Å². The Hall–Kier alpha value is -2.28. The molecule has 0 amide bonds. The topological polar surface area (TPSA) is 64.0 Å². The van der Waals surface area contributed by atoms with Crippen LogP contribution < -0.4 is 5.32 Å². The molecule has 28 heavy (non-hydrogen) atoms. The van der Waals surface area contributed by atoms with Crippen molar-refractivity contribution >= 4 is 38.9 Å². The van der Waals surface area contributed by atoms with E-state index in [1.807, 2.05) is 25.1 Å². The Morgan fingerprint density at radius 3 is 2.14 bits per heavy atom. The summed E-state index contributed by atoms with van der Waals surface area (Å²) >= 11 is 12.0. The Labute approximate surface area is 173 Å². The van der Waals surface area contributed by atoms with Gasteiger partial charge in [-0.1, -0.05) is 35.3 Å². The summed E-state index contributed by atoms with van der Waals surface area (Å²) in [4.78, 5) is 0.423. The molecule has 1 unspecified atom stereocenters. The second-order valence-electron chi connectivity index (χ2n) is 6.64. The standard InChI is InChI=1S/C20H17Cl2N3O2S/c1-12-11-18-23-13(2)20(28(26,27)17-9-7-16(22)8-10-17)19(25(18)24-12)14-3-5-15(21)6-4-14/h3-11,19,23H,1-2H3. The van der Waals surface area contributed by atoms with Crippen LogP contribution in [-0.2, 0) is 9.84 Å². The minimum absolute atomic E-state index is 0.180. The molecular formula is C20H17Cl2N3O2S. The van der Waals surface area contributed by atoms with Gasteiger partial charge < -0.3 is 5.32 Å². The van der Waals surface area contributed by atoms with Crippen molar-refractivity contribution in [2.45, 2.75) is 24.8 Å². The number of benzene rings is 2. The molecule has 0 saturated heterocycles. The smallest absolute Gasteiger partial charge is 0.206 e. The molecule has 1 N–H and O–H groups in total. The van der Waals surface area contributed by atoms with Crippen molar-refractivity contribution in [3.8, 4) is 0 Å². The highest BCUT2D eigenvalue weighted by Crippen LogP contribution is 2.41. The van der Waals surface area contributed by atoms with Gasteiger partial charge in [-0.25, -0.2) is 13.1 Å². The second kappa shape index (κ2) is 6.95. The maximum absolute atomic E-state index is 13.6. The molecule has 5 nitrogen and oxygen atoms in total. The zero-order valence-corrected chi connectivity index (χ0v) is 17.5. The van der Waals surface area contributed by atoms with Crippen LogP contribution in [0.2, 0.25) is 10.0 Å². The SMILES string of the molecule is CC1=C(S(=O)(=O)c2ccc(Cl)cc2)C(c2ccc(Cl)cc2)n2nc(C)cc2N1. The van der Waals surface area contributed by atoms with E-state index >= 15 is 0 Å². The Bertz CT molecular complexity index is 1180. The van der Waals surface area contributed by atoms with E-state index in [-0.39, 0.29) is 9.80 Å². The molecule has 1 aromatic heterocycles. The van der Waals surface area contributed by atoms with Crippen LogP contribution in [0.3, 0.4) is 0 Å². The quantitative estimate of drug-likeness (QED) is 0.614. The predicted molar refractivity (Wildman–Crippen MR) is 112 cm³/mol. The number of fused-ring (bicyclic) bond motifs is 1. The highest BCUT2D eigenvalue weighted by molar-refractivity contribution is 7.95. The number of anilines is 1. The molecule has 0 radical (unpaired) electrons. The molecule has 0 bridgehead atoms. The molecular weight excluding hydrogens is 417 g/mol. The van der Waals surface area contributed by atoms with Gasteiger partial charge >= 0.3 is 0 Å². The van der Waals surface area contributed by atoms with E-state index in [0.717, 1.165) is 17.1 Å².